The molecule has 20 heavy (non-hydrogen) atoms. The molecule has 5 heteroatoms. The van der Waals surface area contributed by atoms with Gasteiger partial charge in [-0.25, -0.2) is 4.79 Å². The molecule has 0 saturated heterocycles. The Labute approximate surface area is 119 Å². The van der Waals surface area contributed by atoms with E-state index in [0.717, 1.165) is 11.3 Å². The molecule has 2 amide bonds. The van der Waals surface area contributed by atoms with E-state index in [1.807, 2.05) is 38.1 Å². The van der Waals surface area contributed by atoms with Gasteiger partial charge in [0.05, 0.1) is 5.92 Å². The molecule has 1 aromatic rings. The van der Waals surface area contributed by atoms with Crippen LogP contribution in [0.3, 0.4) is 0 Å². The zero-order valence-corrected chi connectivity index (χ0v) is 12.5. The molecule has 0 aromatic heterocycles. The fourth-order valence-corrected chi connectivity index (χ4v) is 2.05. The lowest BCUT2D eigenvalue weighted by Crippen LogP contribution is -2.44. The predicted molar refractivity (Wildman–Crippen MR) is 79.0 cm³/mol. The van der Waals surface area contributed by atoms with E-state index in [1.165, 1.54) is 4.90 Å². The third kappa shape index (κ3) is 3.73. The molecule has 0 radical (unpaired) electrons. The first-order chi connectivity index (χ1) is 9.38. The molecule has 5 nitrogen and oxygen atoms in total. The van der Waals surface area contributed by atoms with Gasteiger partial charge in [-0.05, 0) is 25.5 Å². The first kappa shape index (κ1) is 16.0. The van der Waals surface area contributed by atoms with Crippen LogP contribution in [0.1, 0.15) is 19.4 Å². The number of aliphatic carboxylic acids is 1. The summed E-state index contributed by atoms with van der Waals surface area (Å²) in [6.45, 7) is 6.17. The van der Waals surface area contributed by atoms with Gasteiger partial charge in [-0.3, -0.25) is 9.69 Å². The Morgan fingerprint density at radius 1 is 1.30 bits per heavy atom. The van der Waals surface area contributed by atoms with Crippen LogP contribution in [0.4, 0.5) is 10.5 Å². The summed E-state index contributed by atoms with van der Waals surface area (Å²) in [4.78, 5) is 26.4. The number of carbonyl (C=O) groups is 2. The number of carboxylic acid groups (broad SMARTS) is 1. The summed E-state index contributed by atoms with van der Waals surface area (Å²) in [6.07, 6.45) is 0. The lowest BCUT2D eigenvalue weighted by molar-refractivity contribution is -0.141. The maximum absolute atomic E-state index is 12.4. The van der Waals surface area contributed by atoms with Crippen molar-refractivity contribution in [1.29, 1.82) is 0 Å². The molecule has 0 spiro atoms. The highest BCUT2D eigenvalue weighted by Gasteiger charge is 2.22. The van der Waals surface area contributed by atoms with Crippen molar-refractivity contribution in [2.45, 2.75) is 20.8 Å². The fourth-order valence-electron chi connectivity index (χ4n) is 2.05. The number of hydrogen-bond acceptors (Lipinski definition) is 2. The van der Waals surface area contributed by atoms with E-state index in [0.29, 0.717) is 6.54 Å². The van der Waals surface area contributed by atoms with Gasteiger partial charge in [-0.15, -0.1) is 0 Å². The van der Waals surface area contributed by atoms with Crippen molar-refractivity contribution in [2.24, 2.45) is 5.92 Å². The number of anilines is 1. The predicted octanol–water partition coefficient (Wildman–Crippen LogP) is 2.59. The average Bonchev–Trinajstić information content (AvgIpc) is 2.41. The number of nitrogens with zero attached hydrogens (tertiary/aromatic N) is 2. The smallest absolute Gasteiger partial charge is 0.324 e. The lowest BCUT2D eigenvalue weighted by Gasteiger charge is -2.29. The molecule has 0 aliphatic rings. The Morgan fingerprint density at radius 2 is 1.90 bits per heavy atom. The molecule has 1 aromatic carbocycles. The second-order valence-electron chi connectivity index (χ2n) is 4.93. The van der Waals surface area contributed by atoms with E-state index in [-0.39, 0.29) is 12.6 Å². The Kier molecular flexibility index (Phi) is 5.55. The number of benzene rings is 1. The standard InChI is InChI=1S/C15H22N2O3/c1-5-17(13-9-7-6-8-11(13)2)15(20)16(4)10-12(3)14(18)19/h6-9,12H,5,10H2,1-4H3,(H,18,19). The van der Waals surface area contributed by atoms with E-state index >= 15 is 0 Å². The zero-order valence-electron chi connectivity index (χ0n) is 12.5. The van der Waals surface area contributed by atoms with Crippen LogP contribution in [0.2, 0.25) is 0 Å². The highest BCUT2D eigenvalue weighted by molar-refractivity contribution is 5.92. The van der Waals surface area contributed by atoms with E-state index < -0.39 is 11.9 Å². The normalized spacial score (nSPS) is 11.8. The molecule has 0 fully saturated rings. The number of carboxylic acids is 1. The van der Waals surface area contributed by atoms with Crippen molar-refractivity contribution in [3.8, 4) is 0 Å². The summed E-state index contributed by atoms with van der Waals surface area (Å²) in [6, 6.07) is 7.47. The maximum atomic E-state index is 12.4. The third-order valence-electron chi connectivity index (χ3n) is 3.25. The molecule has 0 aliphatic carbocycles. The van der Waals surface area contributed by atoms with Gasteiger partial charge >= 0.3 is 12.0 Å². The van der Waals surface area contributed by atoms with Gasteiger partial charge in [0.25, 0.3) is 0 Å². The molecule has 1 rings (SSSR count). The van der Waals surface area contributed by atoms with Gasteiger partial charge in [0.2, 0.25) is 0 Å². The second-order valence-corrected chi connectivity index (χ2v) is 4.93. The Balaban J connectivity index is 2.87. The maximum Gasteiger partial charge on any atom is 0.324 e. The summed E-state index contributed by atoms with van der Waals surface area (Å²) >= 11 is 0. The average molecular weight is 278 g/mol. The summed E-state index contributed by atoms with van der Waals surface area (Å²) in [5.74, 6) is -1.48. The van der Waals surface area contributed by atoms with E-state index in [4.69, 9.17) is 5.11 Å². The molecule has 0 heterocycles. The van der Waals surface area contributed by atoms with Gasteiger partial charge in [0.1, 0.15) is 0 Å². The number of para-hydroxylation sites is 1. The Hall–Kier alpha value is -2.04. The summed E-state index contributed by atoms with van der Waals surface area (Å²) in [5.41, 5.74) is 1.87. The fraction of sp³-hybridized carbons (Fsp3) is 0.467. The van der Waals surface area contributed by atoms with Crippen molar-refractivity contribution in [3.05, 3.63) is 29.8 Å². The number of hydrogen-bond donors (Lipinski definition) is 1. The topological polar surface area (TPSA) is 60.9 Å². The van der Waals surface area contributed by atoms with E-state index in [2.05, 4.69) is 0 Å². The van der Waals surface area contributed by atoms with Crippen molar-refractivity contribution >= 4 is 17.7 Å². The van der Waals surface area contributed by atoms with E-state index in [1.54, 1.807) is 18.9 Å². The molecular weight excluding hydrogens is 256 g/mol. The Bertz CT molecular complexity index is 488. The minimum Gasteiger partial charge on any atom is -0.481 e. The molecule has 110 valence electrons. The highest BCUT2D eigenvalue weighted by atomic mass is 16.4. The van der Waals surface area contributed by atoms with Gasteiger partial charge in [0, 0.05) is 25.8 Å². The first-order valence-electron chi connectivity index (χ1n) is 6.69. The van der Waals surface area contributed by atoms with Gasteiger partial charge in [0.15, 0.2) is 0 Å². The Morgan fingerprint density at radius 3 is 2.40 bits per heavy atom. The van der Waals surface area contributed by atoms with Gasteiger partial charge < -0.3 is 10.0 Å². The summed E-state index contributed by atoms with van der Waals surface area (Å²) < 4.78 is 0. The van der Waals surface area contributed by atoms with E-state index in [9.17, 15) is 9.59 Å². The minimum absolute atomic E-state index is 0.185. The molecule has 0 bridgehead atoms. The first-order valence-corrected chi connectivity index (χ1v) is 6.69. The molecular formula is C15H22N2O3. The number of urea groups is 1. The summed E-state index contributed by atoms with van der Waals surface area (Å²) in [5, 5.41) is 8.92. The number of rotatable bonds is 5. The zero-order chi connectivity index (χ0) is 15.3. The SMILES string of the molecule is CCN(C(=O)N(C)CC(C)C(=O)O)c1ccccc1C. The van der Waals surface area contributed by atoms with Crippen LogP contribution in [-0.4, -0.2) is 42.1 Å². The third-order valence-corrected chi connectivity index (χ3v) is 3.25. The molecule has 1 atom stereocenters. The van der Waals surface area contributed by atoms with Crippen LogP contribution in [0.5, 0.6) is 0 Å². The highest BCUT2D eigenvalue weighted by Crippen LogP contribution is 2.20. The van der Waals surface area contributed by atoms with Crippen LogP contribution >= 0.6 is 0 Å². The van der Waals surface area contributed by atoms with Crippen molar-refractivity contribution < 1.29 is 14.7 Å². The van der Waals surface area contributed by atoms with Crippen LogP contribution < -0.4 is 4.90 Å². The van der Waals surface area contributed by atoms with Crippen molar-refractivity contribution in [2.75, 3.05) is 25.0 Å². The number of amides is 2. The quantitative estimate of drug-likeness (QED) is 0.900. The van der Waals surface area contributed by atoms with Crippen molar-refractivity contribution in [3.63, 3.8) is 0 Å². The minimum atomic E-state index is -0.899. The monoisotopic (exact) mass is 278 g/mol. The van der Waals surface area contributed by atoms with Crippen LogP contribution in [0.15, 0.2) is 24.3 Å². The molecule has 0 aliphatic heterocycles. The van der Waals surface area contributed by atoms with Crippen molar-refractivity contribution in [1.82, 2.24) is 4.90 Å². The van der Waals surface area contributed by atoms with Gasteiger partial charge in [-0.2, -0.15) is 0 Å². The van der Waals surface area contributed by atoms with Crippen LogP contribution in [-0.2, 0) is 4.79 Å². The second kappa shape index (κ2) is 6.93. The largest absolute Gasteiger partial charge is 0.481 e. The molecule has 0 saturated carbocycles. The van der Waals surface area contributed by atoms with Crippen LogP contribution in [0.25, 0.3) is 0 Å². The molecule has 1 unspecified atom stereocenters. The van der Waals surface area contributed by atoms with Gasteiger partial charge in [-0.1, -0.05) is 25.1 Å². The number of aryl methyl sites for hydroxylation is 1. The summed E-state index contributed by atoms with van der Waals surface area (Å²) in [7, 11) is 1.63. The molecule has 1 N–H and O–H groups in total. The lowest BCUT2D eigenvalue weighted by atomic mass is 10.1. The number of carbonyl (C=O) groups excluding carboxylic acids is 1. The van der Waals surface area contributed by atoms with Crippen LogP contribution in [0, 0.1) is 12.8 Å².